The molecule has 34 heavy (non-hydrogen) atoms. The topological polar surface area (TPSA) is 113 Å². The van der Waals surface area contributed by atoms with Gasteiger partial charge in [0.05, 0.1) is 10.4 Å². The van der Waals surface area contributed by atoms with Gasteiger partial charge in [0.2, 0.25) is 0 Å². The monoisotopic (exact) mass is 495 g/mol. The molecule has 11 heteroatoms. The zero-order valence-corrected chi connectivity index (χ0v) is 18.8. The van der Waals surface area contributed by atoms with Crippen molar-refractivity contribution in [3.8, 4) is 22.9 Å². The van der Waals surface area contributed by atoms with Crippen LogP contribution in [0.1, 0.15) is 5.82 Å². The Hall–Kier alpha value is -4.02. The van der Waals surface area contributed by atoms with E-state index in [2.05, 4.69) is 25.3 Å². The van der Waals surface area contributed by atoms with Gasteiger partial charge in [-0.25, -0.2) is 14.4 Å². The molecule has 8 nitrogen and oxygen atoms in total. The van der Waals surface area contributed by atoms with Gasteiger partial charge in [0.1, 0.15) is 46.7 Å². The SMILES string of the molecule is O=c1[nH]c(COc2ccc(F)c(Cl)c2)nc2c(-c3csc(Nc4ccc(O)cc4)n3)nccc12. The summed E-state index contributed by atoms with van der Waals surface area (Å²) < 4.78 is 19.0. The number of nitrogens with zero attached hydrogens (tertiary/aromatic N) is 3. The highest BCUT2D eigenvalue weighted by Crippen LogP contribution is 2.29. The molecule has 5 rings (SSSR count). The quantitative estimate of drug-likeness (QED) is 0.275. The molecule has 2 aromatic carbocycles. The third kappa shape index (κ3) is 4.54. The number of fused-ring (bicyclic) bond motifs is 1. The minimum Gasteiger partial charge on any atom is -0.508 e. The molecule has 3 heterocycles. The van der Waals surface area contributed by atoms with E-state index in [1.165, 1.54) is 35.7 Å². The van der Waals surface area contributed by atoms with Crippen molar-refractivity contribution < 1.29 is 14.2 Å². The first-order valence-corrected chi connectivity index (χ1v) is 11.2. The van der Waals surface area contributed by atoms with Crippen LogP contribution in [0.2, 0.25) is 5.02 Å². The van der Waals surface area contributed by atoms with Gasteiger partial charge in [-0.15, -0.1) is 11.3 Å². The van der Waals surface area contributed by atoms with Gasteiger partial charge < -0.3 is 20.1 Å². The van der Waals surface area contributed by atoms with Crippen LogP contribution in [0.15, 0.2) is 64.9 Å². The Morgan fingerprint density at radius 2 is 1.97 bits per heavy atom. The lowest BCUT2D eigenvalue weighted by Crippen LogP contribution is -2.14. The van der Waals surface area contributed by atoms with E-state index in [4.69, 9.17) is 16.3 Å². The Balaban J connectivity index is 1.44. The van der Waals surface area contributed by atoms with Gasteiger partial charge in [-0.2, -0.15) is 0 Å². The molecule has 0 saturated heterocycles. The fourth-order valence-electron chi connectivity index (χ4n) is 3.19. The van der Waals surface area contributed by atoms with Crippen LogP contribution < -0.4 is 15.6 Å². The second-order valence-corrected chi connectivity index (χ2v) is 8.41. The summed E-state index contributed by atoms with van der Waals surface area (Å²) in [5.74, 6) is 0.225. The zero-order valence-electron chi connectivity index (χ0n) is 17.3. The van der Waals surface area contributed by atoms with Gasteiger partial charge in [-0.05, 0) is 42.5 Å². The van der Waals surface area contributed by atoms with Crippen molar-refractivity contribution in [1.82, 2.24) is 19.9 Å². The number of halogens is 2. The third-order valence-electron chi connectivity index (χ3n) is 4.81. The Morgan fingerprint density at radius 1 is 1.15 bits per heavy atom. The standard InChI is InChI=1S/C23H15ClFN5O3S/c24-16-9-14(5-6-17(16)25)33-10-19-29-20-15(22(32)30-19)7-8-26-21(20)18-11-34-23(28-18)27-12-1-3-13(31)4-2-12/h1-9,11,31H,10H2,(H,27,28)(H,29,30,32). The number of rotatable bonds is 6. The van der Waals surface area contributed by atoms with E-state index in [1.807, 2.05) is 5.38 Å². The summed E-state index contributed by atoms with van der Waals surface area (Å²) in [6, 6.07) is 12.2. The van der Waals surface area contributed by atoms with Crippen molar-refractivity contribution in [2.45, 2.75) is 6.61 Å². The highest BCUT2D eigenvalue weighted by molar-refractivity contribution is 7.14. The molecule has 0 aliphatic heterocycles. The highest BCUT2D eigenvalue weighted by Gasteiger charge is 2.15. The number of hydrogen-bond donors (Lipinski definition) is 3. The van der Waals surface area contributed by atoms with Gasteiger partial charge >= 0.3 is 0 Å². The number of pyridine rings is 1. The predicted octanol–water partition coefficient (Wildman–Crippen LogP) is 5.26. The molecule has 3 N–H and O–H groups in total. The summed E-state index contributed by atoms with van der Waals surface area (Å²) in [6.45, 7) is -0.0633. The number of aromatic nitrogens is 4. The Labute approximate surface area is 200 Å². The number of nitrogens with one attached hydrogen (secondary N) is 2. The van der Waals surface area contributed by atoms with Crippen molar-refractivity contribution in [2.24, 2.45) is 0 Å². The van der Waals surface area contributed by atoms with E-state index >= 15 is 0 Å². The first kappa shape index (κ1) is 21.8. The fourth-order valence-corrected chi connectivity index (χ4v) is 4.08. The van der Waals surface area contributed by atoms with Crippen molar-refractivity contribution in [1.29, 1.82) is 0 Å². The largest absolute Gasteiger partial charge is 0.508 e. The maximum absolute atomic E-state index is 13.4. The number of ether oxygens (including phenoxy) is 1. The number of phenols is 1. The van der Waals surface area contributed by atoms with Crippen molar-refractivity contribution in [3.63, 3.8) is 0 Å². The maximum atomic E-state index is 13.4. The van der Waals surface area contributed by atoms with E-state index in [0.29, 0.717) is 33.2 Å². The number of hydrogen-bond acceptors (Lipinski definition) is 8. The summed E-state index contributed by atoms with van der Waals surface area (Å²) in [4.78, 5) is 28.9. The molecular weight excluding hydrogens is 481 g/mol. The molecule has 170 valence electrons. The molecule has 0 bridgehead atoms. The van der Waals surface area contributed by atoms with E-state index in [0.717, 1.165) is 5.69 Å². The van der Waals surface area contributed by atoms with Crippen LogP contribution in [0, 0.1) is 5.82 Å². The summed E-state index contributed by atoms with van der Waals surface area (Å²) in [6.07, 6.45) is 1.53. The summed E-state index contributed by atoms with van der Waals surface area (Å²) in [5.41, 5.74) is 1.79. The lowest BCUT2D eigenvalue weighted by Gasteiger charge is -2.08. The molecule has 5 aromatic rings. The molecule has 0 aliphatic carbocycles. The molecule has 0 aliphatic rings. The number of anilines is 2. The van der Waals surface area contributed by atoms with Crippen LogP contribution in [0.5, 0.6) is 11.5 Å². The number of H-pyrrole nitrogens is 1. The van der Waals surface area contributed by atoms with Gasteiger partial charge in [0.25, 0.3) is 5.56 Å². The maximum Gasteiger partial charge on any atom is 0.258 e. The summed E-state index contributed by atoms with van der Waals surface area (Å²) >= 11 is 7.15. The highest BCUT2D eigenvalue weighted by atomic mass is 35.5. The molecule has 0 amide bonds. The van der Waals surface area contributed by atoms with Gasteiger partial charge in [0.15, 0.2) is 5.13 Å². The minimum atomic E-state index is -0.551. The predicted molar refractivity (Wildman–Crippen MR) is 128 cm³/mol. The Bertz CT molecular complexity index is 1560. The van der Waals surface area contributed by atoms with E-state index < -0.39 is 5.82 Å². The first-order valence-electron chi connectivity index (χ1n) is 9.94. The fraction of sp³-hybridized carbons (Fsp3) is 0.0435. The van der Waals surface area contributed by atoms with Crippen molar-refractivity contribution in [2.75, 3.05) is 5.32 Å². The van der Waals surface area contributed by atoms with E-state index in [-0.39, 0.29) is 28.8 Å². The Kier molecular flexibility index (Phi) is 5.83. The van der Waals surface area contributed by atoms with Crippen molar-refractivity contribution >= 4 is 44.7 Å². The summed E-state index contributed by atoms with van der Waals surface area (Å²) in [5, 5.41) is 15.3. The lowest BCUT2D eigenvalue weighted by molar-refractivity contribution is 0.295. The molecule has 0 unspecified atom stereocenters. The number of benzene rings is 2. The molecule has 0 saturated carbocycles. The van der Waals surface area contributed by atoms with Crippen LogP contribution >= 0.6 is 22.9 Å². The van der Waals surface area contributed by atoms with E-state index in [1.54, 1.807) is 30.3 Å². The second kappa shape index (κ2) is 9.08. The average molecular weight is 496 g/mol. The molecule has 3 aromatic heterocycles. The third-order valence-corrected chi connectivity index (χ3v) is 5.85. The summed E-state index contributed by atoms with van der Waals surface area (Å²) in [7, 11) is 0. The molecule has 0 radical (unpaired) electrons. The van der Waals surface area contributed by atoms with Crippen LogP contribution in [-0.2, 0) is 6.61 Å². The second-order valence-electron chi connectivity index (χ2n) is 7.14. The smallest absolute Gasteiger partial charge is 0.258 e. The number of aromatic amines is 1. The molecule has 0 atom stereocenters. The average Bonchev–Trinajstić information content (AvgIpc) is 3.29. The van der Waals surface area contributed by atoms with E-state index in [9.17, 15) is 14.3 Å². The lowest BCUT2D eigenvalue weighted by atomic mass is 10.2. The normalized spacial score (nSPS) is 11.0. The van der Waals surface area contributed by atoms with Gasteiger partial charge in [-0.1, -0.05) is 11.6 Å². The Morgan fingerprint density at radius 3 is 2.76 bits per heavy atom. The van der Waals surface area contributed by atoms with Crippen molar-refractivity contribution in [3.05, 3.63) is 87.1 Å². The van der Waals surface area contributed by atoms with Crippen LogP contribution in [0.3, 0.4) is 0 Å². The van der Waals surface area contributed by atoms with Crippen LogP contribution in [0.25, 0.3) is 22.3 Å². The van der Waals surface area contributed by atoms with Gasteiger partial charge in [-0.3, -0.25) is 9.78 Å². The minimum absolute atomic E-state index is 0.0633. The number of phenolic OH excluding ortho intramolecular Hbond substituents is 1. The molecular formula is C23H15ClFN5O3S. The molecule has 0 spiro atoms. The first-order chi connectivity index (χ1) is 16.5. The van der Waals surface area contributed by atoms with Gasteiger partial charge in [0, 0.05) is 23.3 Å². The molecule has 0 fully saturated rings. The van der Waals surface area contributed by atoms with Crippen LogP contribution in [0.4, 0.5) is 15.2 Å². The van der Waals surface area contributed by atoms with Crippen LogP contribution in [-0.4, -0.2) is 25.0 Å². The zero-order chi connectivity index (χ0) is 23.7. The number of aromatic hydroxyl groups is 1. The number of thiazole rings is 1.